The molecule has 1 saturated heterocycles. The first-order chi connectivity index (χ1) is 13.5. The number of methoxy groups -OCH3 is 1. The first kappa shape index (κ1) is 20.5. The van der Waals surface area contributed by atoms with Crippen LogP contribution in [0.1, 0.15) is 39.2 Å². The van der Waals surface area contributed by atoms with Crippen LogP contribution >= 0.6 is 0 Å². The van der Waals surface area contributed by atoms with Crippen molar-refractivity contribution in [1.29, 1.82) is 0 Å². The Morgan fingerprint density at radius 3 is 2.36 bits per heavy atom. The zero-order valence-electron chi connectivity index (χ0n) is 17.8. The predicted molar refractivity (Wildman–Crippen MR) is 119 cm³/mol. The minimum Gasteiger partial charge on any atom is -0.497 e. The Kier molecular flexibility index (Phi) is 6.84. The molecule has 1 aliphatic heterocycles. The molecule has 0 aliphatic carbocycles. The van der Waals surface area contributed by atoms with Crippen molar-refractivity contribution in [3.8, 4) is 5.75 Å². The second kappa shape index (κ2) is 9.33. The minimum atomic E-state index is -0.189. The Morgan fingerprint density at radius 1 is 1.04 bits per heavy atom. The zero-order chi connectivity index (χ0) is 20.0. The van der Waals surface area contributed by atoms with Gasteiger partial charge in [-0.15, -0.1) is 0 Å². The second-order valence-electron chi connectivity index (χ2n) is 8.52. The fraction of sp³-hybridized carbons (Fsp3) is 0.500. The number of nitrogens with zero attached hydrogens (tertiary/aromatic N) is 1. The van der Waals surface area contributed by atoms with Crippen molar-refractivity contribution in [3.05, 3.63) is 54.1 Å². The number of benzene rings is 2. The Balaban J connectivity index is 1.80. The van der Waals surface area contributed by atoms with Crippen molar-refractivity contribution >= 4 is 11.4 Å². The smallest absolute Gasteiger partial charge is 0.119 e. The molecule has 3 rings (SSSR count). The van der Waals surface area contributed by atoms with Gasteiger partial charge in [-0.25, -0.2) is 0 Å². The highest BCUT2D eigenvalue weighted by Gasteiger charge is 2.30. The summed E-state index contributed by atoms with van der Waals surface area (Å²) in [5.74, 6) is 1.54. The van der Waals surface area contributed by atoms with Crippen LogP contribution < -0.4 is 15.4 Å². The molecule has 1 fully saturated rings. The quantitative estimate of drug-likeness (QED) is 0.627. The molecule has 2 aromatic carbocycles. The molecule has 4 heteroatoms. The van der Waals surface area contributed by atoms with E-state index in [1.807, 2.05) is 6.07 Å². The predicted octanol–water partition coefficient (Wildman–Crippen LogP) is 5.19. The average molecular weight is 382 g/mol. The Bertz CT molecular complexity index is 738. The van der Waals surface area contributed by atoms with Gasteiger partial charge >= 0.3 is 0 Å². The number of hydrogen-bond acceptors (Lipinski definition) is 4. The summed E-state index contributed by atoms with van der Waals surface area (Å²) in [6.07, 6.45) is 2.59. The molecule has 2 aromatic rings. The molecule has 0 spiro atoms. The fourth-order valence-electron chi connectivity index (χ4n) is 3.87. The summed E-state index contributed by atoms with van der Waals surface area (Å²) >= 11 is 0. The molecule has 1 heterocycles. The van der Waals surface area contributed by atoms with Gasteiger partial charge in [-0.3, -0.25) is 0 Å². The highest BCUT2D eigenvalue weighted by molar-refractivity contribution is 5.56. The van der Waals surface area contributed by atoms with Crippen LogP contribution in [0.2, 0.25) is 0 Å². The highest BCUT2D eigenvalue weighted by atomic mass is 16.5. The van der Waals surface area contributed by atoms with E-state index in [0.29, 0.717) is 5.92 Å². The van der Waals surface area contributed by atoms with Gasteiger partial charge in [0.2, 0.25) is 0 Å². The standard InChI is InChI=1S/C24H35N3O/c1-19(2)17-25-21-10-12-22(13-11-21)26-24(3,18-27-14-5-6-15-27)20-8-7-9-23(16-20)28-4/h7-13,16,19,25-26H,5-6,14-15,17-18H2,1-4H3. The van der Waals surface area contributed by atoms with Crippen LogP contribution in [-0.2, 0) is 5.54 Å². The Hall–Kier alpha value is -2.20. The first-order valence-electron chi connectivity index (χ1n) is 10.5. The van der Waals surface area contributed by atoms with E-state index in [1.54, 1.807) is 7.11 Å². The Labute approximate surface area is 170 Å². The van der Waals surface area contributed by atoms with Gasteiger partial charge in [0.15, 0.2) is 0 Å². The van der Waals surface area contributed by atoms with Crippen LogP contribution in [-0.4, -0.2) is 38.2 Å². The summed E-state index contributed by atoms with van der Waals surface area (Å²) in [6.45, 7) is 11.1. The van der Waals surface area contributed by atoms with Crippen molar-refractivity contribution < 1.29 is 4.74 Å². The third-order valence-electron chi connectivity index (χ3n) is 5.46. The van der Waals surface area contributed by atoms with Gasteiger partial charge in [0, 0.05) is 24.5 Å². The van der Waals surface area contributed by atoms with E-state index in [4.69, 9.17) is 4.74 Å². The van der Waals surface area contributed by atoms with Gasteiger partial charge in [-0.2, -0.15) is 0 Å². The summed E-state index contributed by atoms with van der Waals surface area (Å²) < 4.78 is 5.48. The van der Waals surface area contributed by atoms with E-state index in [-0.39, 0.29) is 5.54 Å². The molecule has 0 amide bonds. The van der Waals surface area contributed by atoms with Gasteiger partial charge in [0.1, 0.15) is 5.75 Å². The number of rotatable bonds is 9. The normalized spacial score (nSPS) is 16.8. The Morgan fingerprint density at radius 2 is 1.71 bits per heavy atom. The van der Waals surface area contributed by atoms with Gasteiger partial charge in [0.25, 0.3) is 0 Å². The lowest BCUT2D eigenvalue weighted by Gasteiger charge is -2.36. The number of nitrogens with one attached hydrogen (secondary N) is 2. The number of likely N-dealkylation sites (tertiary alicyclic amines) is 1. The van der Waals surface area contributed by atoms with Gasteiger partial charge in [-0.1, -0.05) is 26.0 Å². The van der Waals surface area contributed by atoms with Crippen LogP contribution in [0.15, 0.2) is 48.5 Å². The summed E-state index contributed by atoms with van der Waals surface area (Å²) in [7, 11) is 1.73. The molecule has 0 saturated carbocycles. The highest BCUT2D eigenvalue weighted by Crippen LogP contribution is 2.31. The van der Waals surface area contributed by atoms with E-state index in [1.165, 1.54) is 37.2 Å². The molecular formula is C24H35N3O. The second-order valence-corrected chi connectivity index (χ2v) is 8.52. The lowest BCUT2D eigenvalue weighted by atomic mass is 9.90. The molecule has 0 bridgehead atoms. The maximum atomic E-state index is 5.48. The molecule has 0 radical (unpaired) electrons. The molecule has 1 aliphatic rings. The van der Waals surface area contributed by atoms with Gasteiger partial charge in [0.05, 0.1) is 12.6 Å². The summed E-state index contributed by atoms with van der Waals surface area (Å²) in [4.78, 5) is 2.56. The van der Waals surface area contributed by atoms with Crippen LogP contribution in [0.25, 0.3) is 0 Å². The average Bonchev–Trinajstić information content (AvgIpc) is 3.20. The van der Waals surface area contributed by atoms with Gasteiger partial charge in [-0.05, 0) is 80.7 Å². The van der Waals surface area contributed by atoms with E-state index in [0.717, 1.165) is 24.5 Å². The third kappa shape index (κ3) is 5.41. The molecule has 4 nitrogen and oxygen atoms in total. The van der Waals surface area contributed by atoms with E-state index >= 15 is 0 Å². The topological polar surface area (TPSA) is 36.5 Å². The van der Waals surface area contributed by atoms with Crippen molar-refractivity contribution in [2.45, 2.75) is 39.2 Å². The van der Waals surface area contributed by atoms with E-state index < -0.39 is 0 Å². The zero-order valence-corrected chi connectivity index (χ0v) is 17.8. The lowest BCUT2D eigenvalue weighted by Crippen LogP contribution is -2.43. The number of ether oxygens (including phenoxy) is 1. The van der Waals surface area contributed by atoms with E-state index in [9.17, 15) is 0 Å². The van der Waals surface area contributed by atoms with Crippen molar-refractivity contribution in [2.24, 2.45) is 5.92 Å². The first-order valence-corrected chi connectivity index (χ1v) is 10.5. The third-order valence-corrected chi connectivity index (χ3v) is 5.46. The monoisotopic (exact) mass is 381 g/mol. The lowest BCUT2D eigenvalue weighted by molar-refractivity contribution is 0.274. The molecule has 152 valence electrons. The number of anilines is 2. The van der Waals surface area contributed by atoms with Crippen molar-refractivity contribution in [2.75, 3.05) is 43.9 Å². The maximum absolute atomic E-state index is 5.48. The van der Waals surface area contributed by atoms with Crippen LogP contribution in [0.5, 0.6) is 5.75 Å². The summed E-state index contributed by atoms with van der Waals surface area (Å²) in [5, 5.41) is 7.30. The number of hydrogen-bond donors (Lipinski definition) is 2. The SMILES string of the molecule is COc1cccc(C(C)(CN2CCCC2)Nc2ccc(NCC(C)C)cc2)c1. The molecule has 28 heavy (non-hydrogen) atoms. The molecule has 1 unspecified atom stereocenters. The van der Waals surface area contributed by atoms with Crippen LogP contribution in [0.3, 0.4) is 0 Å². The molecule has 0 aromatic heterocycles. The van der Waals surface area contributed by atoms with Crippen molar-refractivity contribution in [3.63, 3.8) is 0 Å². The largest absolute Gasteiger partial charge is 0.497 e. The molecule has 2 N–H and O–H groups in total. The fourth-order valence-corrected chi connectivity index (χ4v) is 3.87. The summed E-state index contributed by atoms with van der Waals surface area (Å²) in [6, 6.07) is 17.1. The maximum Gasteiger partial charge on any atom is 0.119 e. The molecular weight excluding hydrogens is 346 g/mol. The minimum absolute atomic E-state index is 0.189. The summed E-state index contributed by atoms with van der Waals surface area (Å²) in [5.41, 5.74) is 3.37. The van der Waals surface area contributed by atoms with E-state index in [2.05, 4.69) is 78.8 Å². The van der Waals surface area contributed by atoms with Crippen LogP contribution in [0, 0.1) is 5.92 Å². The molecule has 1 atom stereocenters. The van der Waals surface area contributed by atoms with Crippen LogP contribution in [0.4, 0.5) is 11.4 Å². The van der Waals surface area contributed by atoms with Gasteiger partial charge < -0.3 is 20.3 Å². The van der Waals surface area contributed by atoms with Crippen molar-refractivity contribution in [1.82, 2.24) is 4.90 Å².